The van der Waals surface area contributed by atoms with E-state index in [-0.39, 0.29) is 22.8 Å². The Bertz CT molecular complexity index is 1120. The van der Waals surface area contributed by atoms with E-state index in [1.165, 1.54) is 12.1 Å². The molecule has 0 aromatic heterocycles. The minimum atomic E-state index is -3.36. The van der Waals surface area contributed by atoms with Gasteiger partial charge in [-0.2, -0.15) is 0 Å². The third-order valence-electron chi connectivity index (χ3n) is 3.44. The summed E-state index contributed by atoms with van der Waals surface area (Å²) in [6.07, 6.45) is -2.69. The van der Waals surface area contributed by atoms with Crippen LogP contribution in [0.15, 0.2) is 42.5 Å². The van der Waals surface area contributed by atoms with Crippen molar-refractivity contribution in [1.29, 1.82) is 0 Å². The fraction of sp³-hybridized carbons (Fsp3) is 0.368. The lowest BCUT2D eigenvalue weighted by atomic mass is 9.81. The Morgan fingerprint density at radius 3 is 2.96 bits per heavy atom. The Hall–Kier alpha value is -2.27. The van der Waals surface area contributed by atoms with Gasteiger partial charge in [0.05, 0.1) is 9.30 Å². The summed E-state index contributed by atoms with van der Waals surface area (Å²) in [6, 6.07) is 7.35. The van der Waals surface area contributed by atoms with Crippen molar-refractivity contribution in [3.63, 3.8) is 0 Å². The Labute approximate surface area is 154 Å². The molecule has 1 saturated heterocycles. The standard InChI is InChI=1S/C19H20FNO3/c20-15-3-1-13(2-4-15)17-7-8-21-10-14(17)11-22-16-5-6-18-19(9-16)24-12-23-18/h1-6,9,14,17,21H,7-8,10-12H2/t14-,17?/m1/s1/i7D2,10D2,11D2,12D2,14D,17D. The highest BCUT2D eigenvalue weighted by Crippen LogP contribution is 2.36. The zero-order chi connectivity index (χ0) is 25.4. The smallest absolute Gasteiger partial charge is 0.231 e. The van der Waals surface area contributed by atoms with E-state index in [0.717, 1.165) is 30.3 Å². The summed E-state index contributed by atoms with van der Waals surface area (Å²) in [6.45, 7) is -9.54. The van der Waals surface area contributed by atoms with Gasteiger partial charge >= 0.3 is 0 Å². The third kappa shape index (κ3) is 3.17. The summed E-state index contributed by atoms with van der Waals surface area (Å²) in [5, 5.41) is 2.18. The molecule has 1 N–H and O–H groups in total. The zero-order valence-electron chi connectivity index (χ0n) is 22.4. The summed E-state index contributed by atoms with van der Waals surface area (Å²) in [4.78, 5) is 0. The molecule has 2 heterocycles. The van der Waals surface area contributed by atoms with Crippen molar-refractivity contribution in [3.05, 3.63) is 53.8 Å². The maximum atomic E-state index is 13.6. The van der Waals surface area contributed by atoms with Gasteiger partial charge in [0.1, 0.15) is 14.3 Å². The summed E-state index contributed by atoms with van der Waals surface area (Å²) >= 11 is 0. The highest BCUT2D eigenvalue weighted by Gasteiger charge is 2.27. The predicted octanol–water partition coefficient (Wildman–Crippen LogP) is 3.33. The van der Waals surface area contributed by atoms with Gasteiger partial charge in [0, 0.05) is 26.7 Å². The van der Waals surface area contributed by atoms with Crippen molar-refractivity contribution in [2.45, 2.75) is 12.3 Å². The fourth-order valence-electron chi connectivity index (χ4n) is 2.29. The summed E-state index contributed by atoms with van der Waals surface area (Å²) in [7, 11) is 0. The minimum absolute atomic E-state index is 0.00523. The molecular formula is C19H20FNO3. The second-order valence-electron chi connectivity index (χ2n) is 5.01. The van der Waals surface area contributed by atoms with E-state index < -0.39 is 50.3 Å². The zero-order valence-corrected chi connectivity index (χ0v) is 12.4. The number of hydrogen-bond donors (Lipinski definition) is 1. The van der Waals surface area contributed by atoms with E-state index >= 15 is 0 Å². The SMILES string of the molecule is [2H]C1([2H])Oc2ccc(OC([2H])([2H])[C@@]3([2H])C([2H])([2H])NCC([2H])([2H])C3([2H])c3ccc(F)cc3)cc2O1. The lowest BCUT2D eigenvalue weighted by Crippen LogP contribution is -2.38. The molecule has 2 aromatic carbocycles. The van der Waals surface area contributed by atoms with Crippen LogP contribution in [0.1, 0.15) is 31.5 Å². The Kier molecular flexibility index (Phi) is 2.16. The molecule has 4 nitrogen and oxygen atoms in total. The van der Waals surface area contributed by atoms with Crippen molar-refractivity contribution in [2.75, 3.05) is 26.3 Å². The van der Waals surface area contributed by atoms with Crippen LogP contribution in [0.5, 0.6) is 17.2 Å². The first-order valence-electron chi connectivity index (χ1n) is 12.2. The molecule has 0 saturated carbocycles. The molecule has 2 aliphatic heterocycles. The second-order valence-corrected chi connectivity index (χ2v) is 5.01. The third-order valence-corrected chi connectivity index (χ3v) is 3.44. The quantitative estimate of drug-likeness (QED) is 0.927. The van der Waals surface area contributed by atoms with Gasteiger partial charge in [0.15, 0.2) is 11.5 Å². The average Bonchev–Trinajstić information content (AvgIpc) is 3.03. The summed E-state index contributed by atoms with van der Waals surface area (Å²) in [5.74, 6) is -7.35. The van der Waals surface area contributed by atoms with Crippen LogP contribution >= 0.6 is 0 Å². The van der Waals surface area contributed by atoms with Crippen LogP contribution in [0, 0.1) is 11.7 Å². The number of piperidine rings is 1. The van der Waals surface area contributed by atoms with Gasteiger partial charge in [-0.15, -0.1) is 0 Å². The van der Waals surface area contributed by atoms with Gasteiger partial charge in [0.2, 0.25) is 6.75 Å². The molecule has 0 aliphatic carbocycles. The number of benzene rings is 2. The number of fused-ring (bicyclic) bond motifs is 1. The summed E-state index contributed by atoms with van der Waals surface area (Å²) < 4.78 is 113. The van der Waals surface area contributed by atoms with Gasteiger partial charge in [-0.3, -0.25) is 0 Å². The van der Waals surface area contributed by atoms with E-state index in [2.05, 4.69) is 5.32 Å². The summed E-state index contributed by atoms with van der Waals surface area (Å²) in [5.41, 5.74) is -0.314. The van der Waals surface area contributed by atoms with Crippen LogP contribution in [0.2, 0.25) is 0 Å². The van der Waals surface area contributed by atoms with E-state index in [1.807, 2.05) is 0 Å². The Morgan fingerprint density at radius 2 is 2.08 bits per heavy atom. The largest absolute Gasteiger partial charge is 0.493 e. The van der Waals surface area contributed by atoms with E-state index in [1.54, 1.807) is 0 Å². The topological polar surface area (TPSA) is 39.7 Å². The first-order chi connectivity index (χ1) is 15.5. The van der Waals surface area contributed by atoms with Crippen molar-refractivity contribution in [2.24, 2.45) is 5.89 Å². The van der Waals surface area contributed by atoms with Gasteiger partial charge in [0.25, 0.3) is 0 Å². The molecule has 0 bridgehead atoms. The molecule has 4 rings (SSSR count). The van der Waals surface area contributed by atoms with Crippen molar-refractivity contribution >= 4 is 0 Å². The molecule has 1 unspecified atom stereocenters. The molecule has 0 amide bonds. The van der Waals surface area contributed by atoms with E-state index in [9.17, 15) is 4.39 Å². The monoisotopic (exact) mass is 339 g/mol. The normalized spacial score (nSPS) is 41.5. The predicted molar refractivity (Wildman–Crippen MR) is 88.2 cm³/mol. The molecule has 24 heavy (non-hydrogen) atoms. The fourth-order valence-corrected chi connectivity index (χ4v) is 2.29. The van der Waals surface area contributed by atoms with Gasteiger partial charge < -0.3 is 19.5 Å². The molecule has 0 radical (unpaired) electrons. The van der Waals surface area contributed by atoms with Crippen LogP contribution in [0.25, 0.3) is 0 Å². The first kappa shape index (κ1) is 7.74. The number of rotatable bonds is 4. The van der Waals surface area contributed by atoms with Crippen molar-refractivity contribution < 1.29 is 32.3 Å². The molecule has 2 aromatic rings. The second kappa shape index (κ2) is 6.69. The Morgan fingerprint density at radius 1 is 1.25 bits per heavy atom. The number of nitrogens with one attached hydrogen (secondary N) is 1. The van der Waals surface area contributed by atoms with Crippen molar-refractivity contribution in [1.82, 2.24) is 5.32 Å². The molecule has 0 spiro atoms. The number of ether oxygens (including phenoxy) is 3. The Balaban J connectivity index is 1.83. The van der Waals surface area contributed by atoms with Crippen LogP contribution in [0.4, 0.5) is 4.39 Å². The molecule has 2 atom stereocenters. The van der Waals surface area contributed by atoms with Crippen LogP contribution < -0.4 is 19.5 Å². The lowest BCUT2D eigenvalue weighted by molar-refractivity contribution is 0.173. The van der Waals surface area contributed by atoms with Gasteiger partial charge in [-0.05, 0) is 48.6 Å². The van der Waals surface area contributed by atoms with Crippen molar-refractivity contribution in [3.8, 4) is 17.2 Å². The maximum absolute atomic E-state index is 13.6. The molecule has 126 valence electrons. The van der Waals surface area contributed by atoms with Gasteiger partial charge in [-0.25, -0.2) is 4.39 Å². The first-order valence-corrected chi connectivity index (χ1v) is 7.18. The molecule has 1 fully saturated rings. The molecule has 5 heteroatoms. The van der Waals surface area contributed by atoms with Crippen LogP contribution in [-0.2, 0) is 0 Å². The van der Waals surface area contributed by atoms with Gasteiger partial charge in [-0.1, -0.05) is 12.1 Å². The van der Waals surface area contributed by atoms with E-state index in [4.69, 9.17) is 27.9 Å². The number of halogens is 1. The minimum Gasteiger partial charge on any atom is -0.493 e. The molecular weight excluding hydrogens is 309 g/mol. The number of hydrogen-bond acceptors (Lipinski definition) is 4. The molecule has 2 aliphatic rings. The lowest BCUT2D eigenvalue weighted by Gasteiger charge is -2.32. The highest BCUT2D eigenvalue weighted by atomic mass is 19.1. The van der Waals surface area contributed by atoms with Crippen LogP contribution in [0.3, 0.4) is 0 Å². The highest BCUT2D eigenvalue weighted by molar-refractivity contribution is 5.46. The van der Waals surface area contributed by atoms with Crippen LogP contribution in [-0.4, -0.2) is 26.3 Å². The van der Waals surface area contributed by atoms with E-state index in [0.29, 0.717) is 0 Å². The average molecular weight is 339 g/mol. The maximum Gasteiger partial charge on any atom is 0.231 e.